The number of hydrogen-bond donors (Lipinski definition) is 1. The van der Waals surface area contributed by atoms with E-state index in [0.29, 0.717) is 18.5 Å². The first-order valence-electron chi connectivity index (χ1n) is 14.0. The van der Waals surface area contributed by atoms with Gasteiger partial charge in [-0.1, -0.05) is 55.0 Å². The third kappa shape index (κ3) is 5.09. The number of nitrogens with two attached hydrogens (primary N) is 1. The summed E-state index contributed by atoms with van der Waals surface area (Å²) in [6.45, 7) is 4.43. The van der Waals surface area contributed by atoms with Crippen LogP contribution in [-0.2, 0) is 16.0 Å². The number of hydrogen-bond acceptors (Lipinski definition) is 6. The van der Waals surface area contributed by atoms with Gasteiger partial charge in [-0.05, 0) is 78.7 Å². The smallest absolute Gasteiger partial charge is 0.310 e. The normalized spacial score (nSPS) is 19.1. The minimum absolute atomic E-state index is 0.114. The number of carbonyl (C=O) groups is 1. The molecule has 6 heteroatoms. The summed E-state index contributed by atoms with van der Waals surface area (Å²) in [6.07, 6.45) is 6.52. The van der Waals surface area contributed by atoms with E-state index in [0.717, 1.165) is 52.7 Å². The molecule has 6 rings (SSSR count). The van der Waals surface area contributed by atoms with E-state index in [2.05, 4.69) is 34.1 Å². The molecule has 0 amide bonds. The maximum Gasteiger partial charge on any atom is 0.310 e. The Morgan fingerprint density at radius 1 is 0.974 bits per heavy atom. The molecule has 200 valence electrons. The summed E-state index contributed by atoms with van der Waals surface area (Å²) in [5.41, 5.74) is 11.9. The molecular weight excluding hydrogens is 486 g/mol. The maximum absolute atomic E-state index is 12.3. The fourth-order valence-electron chi connectivity index (χ4n) is 6.24. The van der Waals surface area contributed by atoms with Gasteiger partial charge in [0.2, 0.25) is 0 Å². The lowest BCUT2D eigenvalue weighted by atomic mass is 9.95. The van der Waals surface area contributed by atoms with Crippen LogP contribution >= 0.6 is 0 Å². The number of aromatic nitrogens is 1. The monoisotopic (exact) mass is 521 g/mol. The highest BCUT2D eigenvalue weighted by atomic mass is 16.5. The van der Waals surface area contributed by atoms with Crippen LogP contribution in [0.15, 0.2) is 72.9 Å². The first-order chi connectivity index (χ1) is 19.1. The number of benzene rings is 3. The minimum Gasteiger partial charge on any atom is -0.485 e. The number of likely N-dealkylation sites (tertiary alicyclic amines) is 1. The van der Waals surface area contributed by atoms with Crippen molar-refractivity contribution in [2.24, 2.45) is 0 Å². The molecule has 1 fully saturated rings. The van der Waals surface area contributed by atoms with Crippen LogP contribution in [0.1, 0.15) is 61.4 Å². The van der Waals surface area contributed by atoms with Gasteiger partial charge < -0.3 is 15.2 Å². The Morgan fingerprint density at radius 3 is 2.67 bits per heavy atom. The molecule has 0 bridgehead atoms. The average Bonchev–Trinajstić information content (AvgIpc) is 3.32. The number of nitrogens with zero attached hydrogens (tertiary/aromatic N) is 2. The van der Waals surface area contributed by atoms with Crippen molar-refractivity contribution in [3.8, 4) is 16.9 Å². The van der Waals surface area contributed by atoms with Crippen LogP contribution in [0.25, 0.3) is 21.9 Å². The van der Waals surface area contributed by atoms with Gasteiger partial charge in [0.15, 0.2) is 0 Å². The molecule has 2 unspecified atom stereocenters. The van der Waals surface area contributed by atoms with E-state index in [1.54, 1.807) is 6.20 Å². The van der Waals surface area contributed by atoms with Crippen LogP contribution in [-0.4, -0.2) is 35.5 Å². The zero-order chi connectivity index (χ0) is 26.8. The van der Waals surface area contributed by atoms with Crippen LogP contribution in [0.4, 0.5) is 5.82 Å². The lowest BCUT2D eigenvalue weighted by molar-refractivity contribution is -0.142. The summed E-state index contributed by atoms with van der Waals surface area (Å²) in [5.74, 6) is 1.05. The lowest BCUT2D eigenvalue weighted by Crippen LogP contribution is -2.32. The van der Waals surface area contributed by atoms with Crippen LogP contribution in [0, 0.1) is 0 Å². The topological polar surface area (TPSA) is 77.7 Å². The number of esters is 1. The number of carbonyl (C=O) groups excluding carboxylic acids is 1. The van der Waals surface area contributed by atoms with E-state index < -0.39 is 0 Å². The van der Waals surface area contributed by atoms with Crippen molar-refractivity contribution >= 4 is 22.6 Å². The molecule has 1 aliphatic heterocycles. The first-order valence-corrected chi connectivity index (χ1v) is 14.0. The highest BCUT2D eigenvalue weighted by Crippen LogP contribution is 2.47. The Balaban J connectivity index is 1.39. The SMILES string of the molecule is CCOC(=O)Cc1ccccc1OC1CC(N2CCCCC2)c2ccc(-c3cccc4c(N)nccc34)cc21. The molecule has 2 N–H and O–H groups in total. The molecule has 2 atom stereocenters. The van der Waals surface area contributed by atoms with Gasteiger partial charge in [0.05, 0.1) is 13.0 Å². The van der Waals surface area contributed by atoms with E-state index >= 15 is 0 Å². The number of rotatable bonds is 7. The van der Waals surface area contributed by atoms with E-state index in [9.17, 15) is 4.79 Å². The third-order valence-electron chi connectivity index (χ3n) is 8.09. The fraction of sp³-hybridized carbons (Fsp3) is 0.333. The lowest BCUT2D eigenvalue weighted by Gasteiger charge is -2.33. The second-order valence-corrected chi connectivity index (χ2v) is 10.5. The van der Waals surface area contributed by atoms with Crippen molar-refractivity contribution in [3.05, 3.63) is 89.6 Å². The molecule has 6 nitrogen and oxygen atoms in total. The van der Waals surface area contributed by atoms with Gasteiger partial charge in [0, 0.05) is 29.6 Å². The summed E-state index contributed by atoms with van der Waals surface area (Å²) in [5, 5.41) is 2.05. The van der Waals surface area contributed by atoms with Crippen molar-refractivity contribution in [1.82, 2.24) is 9.88 Å². The van der Waals surface area contributed by atoms with Crippen molar-refractivity contribution < 1.29 is 14.3 Å². The fourth-order valence-corrected chi connectivity index (χ4v) is 6.24. The number of fused-ring (bicyclic) bond motifs is 2. The number of pyridine rings is 1. The van der Waals surface area contributed by atoms with Crippen molar-refractivity contribution in [2.75, 3.05) is 25.4 Å². The quantitative estimate of drug-likeness (QED) is 0.275. The number of anilines is 1. The average molecular weight is 522 g/mol. The second kappa shape index (κ2) is 11.1. The van der Waals surface area contributed by atoms with E-state index in [-0.39, 0.29) is 18.5 Å². The van der Waals surface area contributed by atoms with Crippen LogP contribution in [0.2, 0.25) is 0 Å². The van der Waals surface area contributed by atoms with Crippen LogP contribution < -0.4 is 10.5 Å². The van der Waals surface area contributed by atoms with Gasteiger partial charge in [-0.3, -0.25) is 9.69 Å². The summed E-state index contributed by atoms with van der Waals surface area (Å²) in [6, 6.07) is 23.2. The van der Waals surface area contributed by atoms with Crippen LogP contribution in [0.5, 0.6) is 5.75 Å². The first kappa shape index (κ1) is 25.4. The van der Waals surface area contributed by atoms with Crippen molar-refractivity contribution in [2.45, 2.75) is 51.2 Å². The summed E-state index contributed by atoms with van der Waals surface area (Å²) in [7, 11) is 0. The Hall–Kier alpha value is -3.90. The van der Waals surface area contributed by atoms with Gasteiger partial charge in [0.1, 0.15) is 17.7 Å². The number of ether oxygens (including phenoxy) is 2. The molecule has 0 saturated carbocycles. The summed E-state index contributed by atoms with van der Waals surface area (Å²) >= 11 is 0. The molecule has 2 aliphatic rings. The Kier molecular flexibility index (Phi) is 7.20. The molecule has 4 aromatic rings. The summed E-state index contributed by atoms with van der Waals surface area (Å²) in [4.78, 5) is 19.2. The van der Waals surface area contributed by atoms with E-state index in [1.165, 1.54) is 30.4 Å². The Morgan fingerprint density at radius 2 is 1.82 bits per heavy atom. The van der Waals surface area contributed by atoms with Gasteiger partial charge in [-0.25, -0.2) is 4.98 Å². The third-order valence-corrected chi connectivity index (χ3v) is 8.09. The highest BCUT2D eigenvalue weighted by Gasteiger charge is 2.37. The van der Waals surface area contributed by atoms with Gasteiger partial charge in [0.25, 0.3) is 0 Å². The molecule has 1 aromatic heterocycles. The largest absolute Gasteiger partial charge is 0.485 e. The van der Waals surface area contributed by atoms with E-state index in [4.69, 9.17) is 15.2 Å². The van der Waals surface area contributed by atoms with Crippen molar-refractivity contribution in [1.29, 1.82) is 0 Å². The van der Waals surface area contributed by atoms with Gasteiger partial charge in [-0.2, -0.15) is 0 Å². The molecule has 0 radical (unpaired) electrons. The zero-order valence-electron chi connectivity index (χ0n) is 22.4. The predicted molar refractivity (Wildman–Crippen MR) is 155 cm³/mol. The standard InChI is InChI=1S/C33H35N3O3/c1-2-38-32(37)20-23-9-4-5-12-30(23)39-31-21-29(36-17-6-3-7-18-36)26-14-13-22(19-28(26)31)24-10-8-11-27-25(24)15-16-35-33(27)34/h4-5,8-16,19,29,31H,2-3,6-7,17-18,20-21H2,1H3,(H2,34,35). The predicted octanol–water partition coefficient (Wildman–Crippen LogP) is 6.64. The molecule has 2 heterocycles. The Bertz CT molecular complexity index is 1500. The number of para-hydroxylation sites is 1. The molecule has 0 spiro atoms. The maximum atomic E-state index is 12.3. The van der Waals surface area contributed by atoms with Gasteiger partial charge in [-0.15, -0.1) is 0 Å². The molecule has 1 aliphatic carbocycles. The highest BCUT2D eigenvalue weighted by molar-refractivity contribution is 6.01. The minimum atomic E-state index is -0.237. The summed E-state index contributed by atoms with van der Waals surface area (Å²) < 4.78 is 12.0. The molecule has 1 saturated heterocycles. The second-order valence-electron chi connectivity index (χ2n) is 10.5. The number of piperidine rings is 1. The molecule has 39 heavy (non-hydrogen) atoms. The molecule has 3 aromatic carbocycles. The Labute approximate surface area is 229 Å². The van der Waals surface area contributed by atoms with E-state index in [1.807, 2.05) is 49.4 Å². The zero-order valence-corrected chi connectivity index (χ0v) is 22.4. The van der Waals surface area contributed by atoms with Crippen LogP contribution in [0.3, 0.4) is 0 Å². The molecular formula is C33H35N3O3. The number of nitrogen functional groups attached to an aromatic ring is 1. The van der Waals surface area contributed by atoms with Gasteiger partial charge >= 0.3 is 5.97 Å². The van der Waals surface area contributed by atoms with Crippen molar-refractivity contribution in [3.63, 3.8) is 0 Å².